The van der Waals surface area contributed by atoms with Crippen molar-refractivity contribution in [1.29, 1.82) is 0 Å². The van der Waals surface area contributed by atoms with Crippen LogP contribution >= 0.6 is 7.75 Å². The van der Waals surface area contributed by atoms with Crippen molar-refractivity contribution in [2.75, 3.05) is 18.9 Å². The second-order valence-electron chi connectivity index (χ2n) is 9.94. The number of benzene rings is 1. The van der Waals surface area contributed by atoms with Gasteiger partial charge in [0, 0.05) is 6.20 Å². The lowest BCUT2D eigenvalue weighted by molar-refractivity contribution is -0.145. The number of aliphatic hydroxyl groups excluding tert-OH is 1. The first kappa shape index (κ1) is 31.4. The molecule has 3 heterocycles. The Kier molecular flexibility index (Phi) is 10.2. The van der Waals surface area contributed by atoms with Crippen molar-refractivity contribution in [2.45, 2.75) is 69.6 Å². The molecule has 1 aliphatic heterocycles. The Labute approximate surface area is 243 Å². The Morgan fingerprint density at radius 3 is 2.76 bits per heavy atom. The Bertz CT molecular complexity index is 1450. The predicted octanol–water partition coefficient (Wildman–Crippen LogP) is 2.94. The van der Waals surface area contributed by atoms with Gasteiger partial charge in [-0.15, -0.1) is 6.42 Å². The summed E-state index contributed by atoms with van der Waals surface area (Å²) in [4.78, 5) is 20.7. The minimum Gasteiger partial charge on any atom is -0.465 e. The van der Waals surface area contributed by atoms with Crippen molar-refractivity contribution < 1.29 is 38.1 Å². The van der Waals surface area contributed by atoms with Gasteiger partial charge < -0.3 is 34.5 Å². The second kappa shape index (κ2) is 13.6. The molecule has 0 radical (unpaired) electrons. The van der Waals surface area contributed by atoms with Crippen LogP contribution in [0.25, 0.3) is 11.0 Å². The van der Waals surface area contributed by atoms with Gasteiger partial charge in [-0.1, -0.05) is 50.3 Å². The molecular formula is C28H36N5O8P. The van der Waals surface area contributed by atoms with Gasteiger partial charge in [0.25, 0.3) is 0 Å². The molecule has 14 heteroatoms. The second-order valence-corrected chi connectivity index (χ2v) is 11.6. The summed E-state index contributed by atoms with van der Waals surface area (Å²) in [7, 11) is -4.27. The van der Waals surface area contributed by atoms with E-state index in [1.165, 1.54) is 17.8 Å². The van der Waals surface area contributed by atoms with E-state index in [0.29, 0.717) is 17.5 Å². The Balaban J connectivity index is 1.50. The third kappa shape index (κ3) is 6.93. The monoisotopic (exact) mass is 601 g/mol. The van der Waals surface area contributed by atoms with Crippen LogP contribution in [0.2, 0.25) is 0 Å². The number of nitrogens with two attached hydrogens (primary N) is 1. The van der Waals surface area contributed by atoms with Crippen molar-refractivity contribution in [2.24, 2.45) is 0 Å². The van der Waals surface area contributed by atoms with E-state index in [4.69, 9.17) is 30.7 Å². The number of hydrogen-bond acceptors (Lipinski definition) is 11. The fourth-order valence-electron chi connectivity index (χ4n) is 4.52. The summed E-state index contributed by atoms with van der Waals surface area (Å²) in [5.74, 6) is 1.99. The maximum absolute atomic E-state index is 13.9. The Hall–Kier alpha value is -3.50. The molecule has 0 bridgehead atoms. The molecule has 3 aromatic rings. The molecule has 13 nitrogen and oxygen atoms in total. The summed E-state index contributed by atoms with van der Waals surface area (Å²) in [5.41, 5.74) is 4.03. The zero-order valence-corrected chi connectivity index (χ0v) is 24.4. The van der Waals surface area contributed by atoms with E-state index < -0.39 is 50.4 Å². The third-order valence-electron chi connectivity index (χ3n) is 6.83. The van der Waals surface area contributed by atoms with Gasteiger partial charge in [0.2, 0.25) is 0 Å². The van der Waals surface area contributed by atoms with E-state index in [1.54, 1.807) is 42.6 Å². The topological polar surface area (TPSA) is 180 Å². The van der Waals surface area contributed by atoms with Crippen LogP contribution < -0.4 is 15.3 Å². The highest BCUT2D eigenvalue weighted by Crippen LogP contribution is 2.47. The lowest BCUT2D eigenvalue weighted by Crippen LogP contribution is -2.46. The number of anilines is 1. The standard InChI is InChI=1S/C28H36N5O8P/c1-4-6-7-11-16-38-26(35)19(3)32-42(37,41-20-12-9-8-10-13-20)39-17-22-23(34)28(36,5-2)27(40-22)33-15-14-21-24(29)30-18-31-25(21)33/h2,8-10,12-15,18-19,22-23,27,34,36H,4,6-7,11,16-17H2,1,3H3,(H,32,37)(H2,29,30,31)/t19-,22+,23+,27+,28+,42?/m0/s1. The number of para-hydroxylation sites is 1. The van der Waals surface area contributed by atoms with E-state index in [9.17, 15) is 19.6 Å². The molecule has 1 aromatic carbocycles. The number of hydrogen-bond donors (Lipinski definition) is 4. The first-order valence-corrected chi connectivity index (χ1v) is 15.2. The average Bonchev–Trinajstić information content (AvgIpc) is 3.51. The maximum Gasteiger partial charge on any atom is 0.459 e. The van der Waals surface area contributed by atoms with Crippen LogP contribution in [-0.2, 0) is 23.4 Å². The number of carbonyl (C=O) groups excluding carboxylic acids is 1. The minimum absolute atomic E-state index is 0.204. The van der Waals surface area contributed by atoms with Gasteiger partial charge in [-0.25, -0.2) is 14.5 Å². The number of aromatic nitrogens is 3. The first-order valence-electron chi connectivity index (χ1n) is 13.7. The summed E-state index contributed by atoms with van der Waals surface area (Å²) in [6.07, 6.45) is 7.93. The maximum atomic E-state index is 13.9. The van der Waals surface area contributed by atoms with Gasteiger partial charge in [-0.2, -0.15) is 5.09 Å². The van der Waals surface area contributed by atoms with Gasteiger partial charge in [0.05, 0.1) is 18.6 Å². The van der Waals surface area contributed by atoms with E-state index in [2.05, 4.69) is 27.9 Å². The molecule has 42 heavy (non-hydrogen) atoms. The zero-order valence-electron chi connectivity index (χ0n) is 23.5. The van der Waals surface area contributed by atoms with Gasteiger partial charge in [0.1, 0.15) is 41.8 Å². The van der Waals surface area contributed by atoms with Crippen LogP contribution in [0.15, 0.2) is 48.9 Å². The van der Waals surface area contributed by atoms with Crippen LogP contribution in [0.4, 0.5) is 5.82 Å². The number of nitrogens with one attached hydrogen (secondary N) is 1. The van der Waals surface area contributed by atoms with Gasteiger partial charge >= 0.3 is 13.7 Å². The van der Waals surface area contributed by atoms with Gasteiger partial charge in [-0.05, 0) is 31.5 Å². The quantitative estimate of drug-likeness (QED) is 0.0920. The first-order chi connectivity index (χ1) is 20.1. The van der Waals surface area contributed by atoms with Crippen molar-refractivity contribution in [3.05, 3.63) is 48.9 Å². The number of nitrogen functional groups attached to an aromatic ring is 1. The van der Waals surface area contributed by atoms with Gasteiger partial charge in [0.15, 0.2) is 11.8 Å². The highest BCUT2D eigenvalue weighted by molar-refractivity contribution is 7.52. The van der Waals surface area contributed by atoms with Gasteiger partial charge in [-0.3, -0.25) is 9.32 Å². The van der Waals surface area contributed by atoms with Crippen molar-refractivity contribution in [1.82, 2.24) is 19.6 Å². The molecule has 1 unspecified atom stereocenters. The molecule has 4 rings (SSSR count). The van der Waals surface area contributed by atoms with Crippen LogP contribution in [0.1, 0.15) is 45.8 Å². The molecule has 2 aromatic heterocycles. The summed E-state index contributed by atoms with van der Waals surface area (Å²) >= 11 is 0. The highest BCUT2D eigenvalue weighted by Gasteiger charge is 2.56. The Morgan fingerprint density at radius 2 is 2.05 bits per heavy atom. The predicted molar refractivity (Wildman–Crippen MR) is 154 cm³/mol. The molecule has 0 saturated carbocycles. The number of terminal acetylenes is 1. The van der Waals surface area contributed by atoms with Crippen LogP contribution in [-0.4, -0.2) is 67.8 Å². The van der Waals surface area contributed by atoms with Crippen molar-refractivity contribution in [3.63, 3.8) is 0 Å². The van der Waals surface area contributed by atoms with Crippen molar-refractivity contribution >= 4 is 30.6 Å². The zero-order chi connectivity index (χ0) is 30.3. The number of unbranched alkanes of at least 4 members (excludes halogenated alkanes) is 3. The number of nitrogens with zero attached hydrogens (tertiary/aromatic N) is 3. The number of carbonyl (C=O) groups is 1. The van der Waals surface area contributed by atoms with Crippen molar-refractivity contribution in [3.8, 4) is 18.1 Å². The molecule has 0 aliphatic carbocycles. The number of ether oxygens (including phenoxy) is 2. The van der Waals surface area contributed by atoms with E-state index in [1.807, 2.05) is 0 Å². The normalized spacial score (nSPS) is 24.1. The summed E-state index contributed by atoms with van der Waals surface area (Å²) in [6, 6.07) is 8.78. The molecule has 0 amide bonds. The SMILES string of the molecule is C#C[C@@]1(O)[C@H](O)[C@@H](COP(=O)(N[C@@H](C)C(=O)OCCCCCC)Oc2ccccc2)O[C@H]1n1ccc2c(N)ncnc21. The molecule has 1 saturated heterocycles. The molecule has 226 valence electrons. The number of fused-ring (bicyclic) bond motifs is 1. The molecule has 1 fully saturated rings. The number of esters is 1. The summed E-state index contributed by atoms with van der Waals surface area (Å²) in [6.45, 7) is 3.25. The average molecular weight is 602 g/mol. The number of aliphatic hydroxyl groups is 2. The summed E-state index contributed by atoms with van der Waals surface area (Å²) < 4.78 is 37.9. The largest absolute Gasteiger partial charge is 0.465 e. The molecule has 5 N–H and O–H groups in total. The Morgan fingerprint density at radius 1 is 1.29 bits per heavy atom. The van der Waals surface area contributed by atoms with E-state index >= 15 is 0 Å². The molecule has 6 atom stereocenters. The van der Waals surface area contributed by atoms with E-state index in [0.717, 1.165) is 19.3 Å². The highest BCUT2D eigenvalue weighted by atomic mass is 31.2. The fraction of sp³-hybridized carbons (Fsp3) is 0.464. The molecule has 0 spiro atoms. The van der Waals surface area contributed by atoms with Crippen LogP contribution in [0.5, 0.6) is 5.75 Å². The third-order valence-corrected chi connectivity index (χ3v) is 8.48. The summed E-state index contributed by atoms with van der Waals surface area (Å²) in [5, 5.41) is 25.4. The molecular weight excluding hydrogens is 565 g/mol. The minimum atomic E-state index is -4.27. The molecule has 1 aliphatic rings. The fourth-order valence-corrected chi connectivity index (χ4v) is 6.02. The van der Waals surface area contributed by atoms with E-state index in [-0.39, 0.29) is 18.2 Å². The lowest BCUT2D eigenvalue weighted by atomic mass is 9.95. The number of rotatable bonds is 14. The van der Waals surface area contributed by atoms with Crippen LogP contribution in [0.3, 0.4) is 0 Å². The van der Waals surface area contributed by atoms with Crippen LogP contribution in [0, 0.1) is 12.3 Å². The smallest absolute Gasteiger partial charge is 0.459 e. The lowest BCUT2D eigenvalue weighted by Gasteiger charge is -2.26.